The number of halogens is 1. The van der Waals surface area contributed by atoms with Gasteiger partial charge in [0.05, 0.1) is 5.02 Å². The minimum absolute atomic E-state index is 0.165. The lowest BCUT2D eigenvalue weighted by Gasteiger charge is -2.27. The summed E-state index contributed by atoms with van der Waals surface area (Å²) in [5.41, 5.74) is 3.29. The van der Waals surface area contributed by atoms with Gasteiger partial charge in [0.15, 0.2) is 5.82 Å². The molecule has 1 heterocycles. The number of hydrazine groups is 1. The Bertz CT molecular complexity index is 730. The van der Waals surface area contributed by atoms with Crippen LogP contribution in [0.25, 0.3) is 0 Å². The molecule has 9 heteroatoms. The van der Waals surface area contributed by atoms with Crippen molar-refractivity contribution in [3.05, 3.63) is 40.9 Å². The number of nitrogen functional groups attached to an aromatic ring is 1. The molecule has 5 N–H and O–H groups in total. The number of aliphatic hydroxyl groups excluding tert-OH is 1. The van der Waals surface area contributed by atoms with Crippen molar-refractivity contribution >= 4 is 29.2 Å². The van der Waals surface area contributed by atoms with Gasteiger partial charge in [-0.05, 0) is 50.6 Å². The Hall–Kier alpha value is -1.58. The van der Waals surface area contributed by atoms with Crippen LogP contribution >= 0.6 is 23.4 Å². The van der Waals surface area contributed by atoms with Crippen LogP contribution in [0.3, 0.4) is 0 Å². The Balaban J connectivity index is 1.75. The number of hydrogen-bond donors (Lipinski definition) is 4. The number of rotatable bonds is 10. The number of ether oxygens (including phenoxy) is 1. The van der Waals surface area contributed by atoms with Crippen molar-refractivity contribution < 1.29 is 9.84 Å². The second-order valence-corrected chi connectivity index (χ2v) is 8.26. The van der Waals surface area contributed by atoms with Gasteiger partial charge in [0.2, 0.25) is 0 Å². The van der Waals surface area contributed by atoms with E-state index in [1.165, 1.54) is 0 Å². The summed E-state index contributed by atoms with van der Waals surface area (Å²) in [4.78, 5) is 0. The van der Waals surface area contributed by atoms with Gasteiger partial charge in [0, 0.05) is 17.8 Å². The molecule has 0 aliphatic carbocycles. The van der Waals surface area contributed by atoms with Crippen molar-refractivity contribution in [1.29, 1.82) is 0 Å². The van der Waals surface area contributed by atoms with Crippen LogP contribution in [-0.4, -0.2) is 45.9 Å². The minimum atomic E-state index is -0.652. The molecule has 1 unspecified atom stereocenters. The minimum Gasteiger partial charge on any atom is -0.489 e. The highest BCUT2D eigenvalue weighted by atomic mass is 35.5. The molecule has 7 nitrogen and oxygen atoms in total. The number of thioether (sulfide) groups is 1. The Labute approximate surface area is 169 Å². The van der Waals surface area contributed by atoms with Gasteiger partial charge < -0.3 is 20.6 Å². The first kappa shape index (κ1) is 21.7. The van der Waals surface area contributed by atoms with Gasteiger partial charge in [0.25, 0.3) is 0 Å². The summed E-state index contributed by atoms with van der Waals surface area (Å²) in [6.07, 6.45) is -0.652. The van der Waals surface area contributed by atoms with E-state index in [4.69, 9.17) is 22.2 Å². The maximum Gasteiger partial charge on any atom is 0.162 e. The number of aromatic nitrogens is 2. The van der Waals surface area contributed by atoms with Gasteiger partial charge in [-0.2, -0.15) is 0 Å². The van der Waals surface area contributed by atoms with Crippen LogP contribution in [0.15, 0.2) is 35.4 Å². The predicted octanol–water partition coefficient (Wildman–Crippen LogP) is 2.62. The second kappa shape index (κ2) is 10.1. The van der Waals surface area contributed by atoms with E-state index in [2.05, 4.69) is 34.8 Å². The Morgan fingerprint density at radius 1 is 1.30 bits per heavy atom. The van der Waals surface area contributed by atoms with E-state index in [0.717, 1.165) is 16.3 Å². The maximum atomic E-state index is 10.2. The zero-order valence-corrected chi connectivity index (χ0v) is 17.3. The smallest absolute Gasteiger partial charge is 0.162 e. The van der Waals surface area contributed by atoms with E-state index in [1.807, 2.05) is 25.1 Å². The molecular formula is C18H26ClN5O2S. The van der Waals surface area contributed by atoms with Gasteiger partial charge >= 0.3 is 0 Å². The first-order valence-corrected chi connectivity index (χ1v) is 9.90. The number of benzene rings is 1. The molecule has 0 saturated heterocycles. The third-order valence-electron chi connectivity index (χ3n) is 3.70. The van der Waals surface area contributed by atoms with Crippen LogP contribution in [0.4, 0.5) is 5.82 Å². The van der Waals surface area contributed by atoms with Crippen molar-refractivity contribution in [2.24, 2.45) is 5.84 Å². The number of anilines is 1. The first-order valence-electron chi connectivity index (χ1n) is 8.54. The highest BCUT2D eigenvalue weighted by Crippen LogP contribution is 2.25. The lowest BCUT2D eigenvalue weighted by molar-refractivity contribution is 0.100. The third-order valence-corrected chi connectivity index (χ3v) is 5.39. The predicted molar refractivity (Wildman–Crippen MR) is 110 cm³/mol. The van der Waals surface area contributed by atoms with Crippen molar-refractivity contribution in [1.82, 2.24) is 15.5 Å². The number of nitrogens with one attached hydrogen (secondary N) is 2. The number of nitrogens with two attached hydrogens (primary N) is 1. The largest absolute Gasteiger partial charge is 0.489 e. The first-order chi connectivity index (χ1) is 12.8. The maximum absolute atomic E-state index is 10.2. The van der Waals surface area contributed by atoms with Crippen LogP contribution in [0, 0.1) is 6.92 Å². The van der Waals surface area contributed by atoms with E-state index in [9.17, 15) is 5.11 Å². The molecule has 1 aromatic heterocycles. The van der Waals surface area contributed by atoms with Gasteiger partial charge in [-0.25, -0.2) is 5.84 Å². The van der Waals surface area contributed by atoms with Crippen LogP contribution in [0.2, 0.25) is 5.02 Å². The van der Waals surface area contributed by atoms with Gasteiger partial charge in [-0.15, -0.1) is 22.0 Å². The Morgan fingerprint density at radius 3 is 2.74 bits per heavy atom. The molecule has 0 saturated carbocycles. The fourth-order valence-electron chi connectivity index (χ4n) is 2.14. The van der Waals surface area contributed by atoms with Crippen LogP contribution in [0.5, 0.6) is 5.75 Å². The van der Waals surface area contributed by atoms with E-state index < -0.39 is 6.10 Å². The number of nitrogens with zero attached hydrogens (tertiary/aromatic N) is 2. The zero-order chi connectivity index (χ0) is 19.9. The highest BCUT2D eigenvalue weighted by molar-refractivity contribution is 7.99. The summed E-state index contributed by atoms with van der Waals surface area (Å²) < 4.78 is 5.63. The Morgan fingerprint density at radius 2 is 2.07 bits per heavy atom. The molecule has 0 spiro atoms. The van der Waals surface area contributed by atoms with Crippen LogP contribution in [0.1, 0.15) is 19.4 Å². The molecule has 0 amide bonds. The molecule has 2 aromatic rings. The fraction of sp³-hybridized carbons (Fsp3) is 0.444. The van der Waals surface area contributed by atoms with E-state index in [0.29, 0.717) is 23.1 Å². The highest BCUT2D eigenvalue weighted by Gasteiger charge is 2.20. The molecule has 0 bridgehead atoms. The van der Waals surface area contributed by atoms with E-state index in [1.54, 1.807) is 23.9 Å². The number of hydrogen-bond acceptors (Lipinski definition) is 8. The summed E-state index contributed by atoms with van der Waals surface area (Å²) in [5, 5.41) is 22.9. The quantitative estimate of drug-likeness (QED) is 0.268. The van der Waals surface area contributed by atoms with Crippen molar-refractivity contribution in [2.45, 2.75) is 37.4 Å². The molecule has 0 aliphatic rings. The molecule has 0 radical (unpaired) electrons. The number of aryl methyl sites for hydroxylation is 1. The lowest BCUT2D eigenvalue weighted by atomic mass is 10.1. The number of β-amino-alcohol motifs (C(OH)–C–C–N with tert-alkyl or cyclic N) is 1. The van der Waals surface area contributed by atoms with Crippen molar-refractivity contribution in [2.75, 3.05) is 24.3 Å². The molecule has 27 heavy (non-hydrogen) atoms. The van der Waals surface area contributed by atoms with E-state index >= 15 is 0 Å². The summed E-state index contributed by atoms with van der Waals surface area (Å²) >= 11 is 7.68. The summed E-state index contributed by atoms with van der Waals surface area (Å²) in [5.74, 6) is 7.14. The standard InChI is InChI=1S/C18H26ClN5O2S/c1-12-4-5-14(19)15(8-12)26-10-13(25)9-21-18(2,3)11-27-17-7-6-16(22-20)23-24-17/h4-8,13,21,25H,9-11,20H2,1-3H3,(H,22,23). The molecule has 1 atom stereocenters. The summed E-state index contributed by atoms with van der Waals surface area (Å²) in [6.45, 7) is 6.66. The fourth-order valence-corrected chi connectivity index (χ4v) is 3.19. The SMILES string of the molecule is Cc1ccc(Cl)c(OCC(O)CNC(C)(C)CSc2ccc(NN)nn2)c1. The molecule has 148 valence electrons. The topological polar surface area (TPSA) is 105 Å². The van der Waals surface area contributed by atoms with Crippen LogP contribution in [-0.2, 0) is 0 Å². The molecule has 2 rings (SSSR count). The van der Waals surface area contributed by atoms with Gasteiger partial charge in [0.1, 0.15) is 23.5 Å². The monoisotopic (exact) mass is 411 g/mol. The summed E-state index contributed by atoms with van der Waals surface area (Å²) in [6, 6.07) is 9.19. The number of aliphatic hydroxyl groups is 1. The second-order valence-electron chi connectivity index (χ2n) is 6.85. The normalized spacial score (nSPS) is 12.7. The van der Waals surface area contributed by atoms with Crippen molar-refractivity contribution in [3.8, 4) is 5.75 Å². The third kappa shape index (κ3) is 7.51. The van der Waals surface area contributed by atoms with Gasteiger partial charge in [-0.3, -0.25) is 0 Å². The van der Waals surface area contributed by atoms with Gasteiger partial charge in [-0.1, -0.05) is 17.7 Å². The lowest BCUT2D eigenvalue weighted by Crippen LogP contribution is -2.46. The molecule has 0 aliphatic heterocycles. The summed E-state index contributed by atoms with van der Waals surface area (Å²) in [7, 11) is 0. The van der Waals surface area contributed by atoms with E-state index in [-0.39, 0.29) is 12.1 Å². The van der Waals surface area contributed by atoms with Crippen LogP contribution < -0.4 is 21.3 Å². The average Bonchev–Trinajstić information content (AvgIpc) is 2.66. The Kier molecular flexibility index (Phi) is 8.12. The molecule has 1 aromatic carbocycles. The zero-order valence-electron chi connectivity index (χ0n) is 15.7. The van der Waals surface area contributed by atoms with Crippen molar-refractivity contribution in [3.63, 3.8) is 0 Å². The molecular weight excluding hydrogens is 386 g/mol. The molecule has 0 fully saturated rings. The average molecular weight is 412 g/mol.